The standard InChI is InChI=1S/C22H21BrFN5OS/c1-11-3-4-13(6-17(11)24)20-19(28-12(2)31-20)21(30)29-10-14-5-16(14)18(29)9-27-22-25-7-15(23)8-26-22/h3-4,6-8,14,16,18H,5,9-10H2,1-2H3,(H,25,26,27)/t14-,16-,18+/m0/s1. The summed E-state index contributed by atoms with van der Waals surface area (Å²) < 4.78 is 15.0. The van der Waals surface area contributed by atoms with Crippen LogP contribution in [-0.4, -0.2) is 44.9 Å². The van der Waals surface area contributed by atoms with E-state index >= 15 is 0 Å². The van der Waals surface area contributed by atoms with Crippen LogP contribution in [0.3, 0.4) is 0 Å². The van der Waals surface area contributed by atoms with Gasteiger partial charge in [-0.05, 0) is 65.2 Å². The zero-order valence-electron chi connectivity index (χ0n) is 17.1. The minimum atomic E-state index is -0.277. The van der Waals surface area contributed by atoms with E-state index in [0.29, 0.717) is 41.1 Å². The van der Waals surface area contributed by atoms with Gasteiger partial charge >= 0.3 is 0 Å². The molecule has 9 heteroatoms. The van der Waals surface area contributed by atoms with E-state index in [9.17, 15) is 9.18 Å². The van der Waals surface area contributed by atoms with Gasteiger partial charge in [-0.2, -0.15) is 0 Å². The number of halogens is 2. The number of benzene rings is 1. The number of rotatable bonds is 5. The van der Waals surface area contributed by atoms with E-state index in [1.807, 2.05) is 17.9 Å². The van der Waals surface area contributed by atoms with Crippen molar-refractivity contribution >= 4 is 39.1 Å². The van der Waals surface area contributed by atoms with Gasteiger partial charge in [0.1, 0.15) is 11.5 Å². The third-order valence-corrected chi connectivity index (χ3v) is 7.45. The third-order valence-electron chi connectivity index (χ3n) is 6.02. The predicted octanol–water partition coefficient (Wildman–Crippen LogP) is 4.69. The molecule has 3 atom stereocenters. The van der Waals surface area contributed by atoms with Gasteiger partial charge in [-0.3, -0.25) is 4.79 Å². The Balaban J connectivity index is 1.39. The molecule has 6 nitrogen and oxygen atoms in total. The van der Waals surface area contributed by atoms with Crippen LogP contribution < -0.4 is 5.32 Å². The summed E-state index contributed by atoms with van der Waals surface area (Å²) in [5.41, 5.74) is 1.69. The fourth-order valence-corrected chi connectivity index (χ4v) is 5.42. The summed E-state index contributed by atoms with van der Waals surface area (Å²) in [6, 6.07) is 5.15. The van der Waals surface area contributed by atoms with Crippen LogP contribution in [0.25, 0.3) is 10.4 Å². The first-order valence-electron chi connectivity index (χ1n) is 10.2. The molecule has 1 amide bonds. The average Bonchev–Trinajstić information content (AvgIpc) is 3.27. The molecular weight excluding hydrogens is 481 g/mol. The molecule has 1 aromatic carbocycles. The molecule has 2 aliphatic rings. The Hall–Kier alpha value is -2.39. The molecule has 31 heavy (non-hydrogen) atoms. The van der Waals surface area contributed by atoms with Crippen molar-refractivity contribution in [2.24, 2.45) is 11.8 Å². The number of nitrogens with zero attached hydrogens (tertiary/aromatic N) is 4. The summed E-state index contributed by atoms with van der Waals surface area (Å²) in [6.45, 7) is 4.93. The van der Waals surface area contributed by atoms with Gasteiger partial charge in [-0.15, -0.1) is 11.3 Å². The molecule has 1 saturated carbocycles. The van der Waals surface area contributed by atoms with Crippen LogP contribution in [0, 0.1) is 31.5 Å². The Labute approximate surface area is 192 Å². The summed E-state index contributed by atoms with van der Waals surface area (Å²) in [5.74, 6) is 1.21. The van der Waals surface area contributed by atoms with Crippen LogP contribution in [0.15, 0.2) is 35.1 Å². The highest BCUT2D eigenvalue weighted by atomic mass is 79.9. The molecule has 5 rings (SSSR count). The van der Waals surface area contributed by atoms with Crippen LogP contribution in [0.5, 0.6) is 0 Å². The lowest BCUT2D eigenvalue weighted by Gasteiger charge is -2.27. The van der Waals surface area contributed by atoms with Gasteiger partial charge in [0.2, 0.25) is 5.95 Å². The minimum Gasteiger partial charge on any atom is -0.352 e. The van der Waals surface area contributed by atoms with Gasteiger partial charge < -0.3 is 10.2 Å². The van der Waals surface area contributed by atoms with E-state index < -0.39 is 0 Å². The number of aryl methyl sites for hydroxylation is 2. The quantitative estimate of drug-likeness (QED) is 0.548. The zero-order chi connectivity index (χ0) is 21.7. The Morgan fingerprint density at radius 2 is 2.10 bits per heavy atom. The SMILES string of the molecule is Cc1nc(C(=O)N2C[C@@H]3C[C@@H]3[C@H]2CNc2ncc(Br)cn2)c(-c2ccc(C)c(F)c2)s1. The summed E-state index contributed by atoms with van der Waals surface area (Å²) in [5, 5.41) is 4.06. The molecule has 3 aromatic rings. The number of likely N-dealkylation sites (tertiary alicyclic amines) is 1. The minimum absolute atomic E-state index is 0.0642. The van der Waals surface area contributed by atoms with Crippen molar-refractivity contribution in [2.45, 2.75) is 26.3 Å². The highest BCUT2D eigenvalue weighted by molar-refractivity contribution is 9.10. The number of hydrogen-bond acceptors (Lipinski definition) is 6. The van der Waals surface area contributed by atoms with Gasteiger partial charge in [-0.1, -0.05) is 12.1 Å². The molecule has 1 aliphatic heterocycles. The molecule has 1 N–H and O–H groups in total. The second-order valence-corrected chi connectivity index (χ2v) is 10.3. The largest absolute Gasteiger partial charge is 0.352 e. The summed E-state index contributed by atoms with van der Waals surface area (Å²) in [6.07, 6.45) is 4.53. The number of anilines is 1. The lowest BCUT2D eigenvalue weighted by atomic mass is 10.1. The van der Waals surface area contributed by atoms with Crippen molar-refractivity contribution in [2.75, 3.05) is 18.4 Å². The van der Waals surface area contributed by atoms with Gasteiger partial charge in [0.25, 0.3) is 5.91 Å². The summed E-state index contributed by atoms with van der Waals surface area (Å²) >= 11 is 4.76. The van der Waals surface area contributed by atoms with E-state index in [-0.39, 0.29) is 17.8 Å². The van der Waals surface area contributed by atoms with Crippen molar-refractivity contribution in [3.63, 3.8) is 0 Å². The number of fused-ring (bicyclic) bond motifs is 1. The normalized spacial score (nSPS) is 21.8. The molecule has 1 saturated heterocycles. The van der Waals surface area contributed by atoms with Crippen molar-refractivity contribution in [3.8, 4) is 10.4 Å². The monoisotopic (exact) mass is 501 g/mol. The van der Waals surface area contributed by atoms with E-state index in [1.165, 1.54) is 17.4 Å². The molecule has 2 aromatic heterocycles. The lowest BCUT2D eigenvalue weighted by Crippen LogP contribution is -2.42. The molecule has 0 spiro atoms. The molecule has 160 valence electrons. The van der Waals surface area contributed by atoms with E-state index in [4.69, 9.17) is 0 Å². The van der Waals surface area contributed by atoms with Gasteiger partial charge in [-0.25, -0.2) is 19.3 Å². The Kier molecular flexibility index (Phi) is 5.26. The van der Waals surface area contributed by atoms with Crippen LogP contribution in [-0.2, 0) is 0 Å². The van der Waals surface area contributed by atoms with Crippen molar-refractivity contribution in [1.82, 2.24) is 19.9 Å². The second-order valence-electron chi connectivity index (χ2n) is 8.16. The first kappa shape index (κ1) is 20.5. The second kappa shape index (κ2) is 7.94. The highest BCUT2D eigenvalue weighted by Gasteiger charge is 2.54. The van der Waals surface area contributed by atoms with Crippen LogP contribution in [0.4, 0.5) is 10.3 Å². The fraction of sp³-hybridized carbons (Fsp3) is 0.364. The van der Waals surface area contributed by atoms with Crippen molar-refractivity contribution < 1.29 is 9.18 Å². The highest BCUT2D eigenvalue weighted by Crippen LogP contribution is 2.50. The van der Waals surface area contributed by atoms with Gasteiger partial charge in [0.15, 0.2) is 0 Å². The molecule has 0 unspecified atom stereocenters. The molecule has 0 radical (unpaired) electrons. The zero-order valence-corrected chi connectivity index (χ0v) is 19.5. The van der Waals surface area contributed by atoms with Crippen LogP contribution in [0.1, 0.15) is 27.5 Å². The van der Waals surface area contributed by atoms with Crippen molar-refractivity contribution in [3.05, 3.63) is 57.1 Å². The lowest BCUT2D eigenvalue weighted by molar-refractivity contribution is 0.0711. The summed E-state index contributed by atoms with van der Waals surface area (Å²) in [4.78, 5) is 29.3. The van der Waals surface area contributed by atoms with Gasteiger partial charge in [0.05, 0.1) is 20.4 Å². The summed E-state index contributed by atoms with van der Waals surface area (Å²) in [7, 11) is 0. The number of aromatic nitrogens is 3. The predicted molar refractivity (Wildman–Crippen MR) is 122 cm³/mol. The average molecular weight is 502 g/mol. The first-order chi connectivity index (χ1) is 14.9. The fourth-order valence-electron chi connectivity index (χ4n) is 4.30. The maximum Gasteiger partial charge on any atom is 0.274 e. The number of carbonyl (C=O) groups excluding carboxylic acids is 1. The Morgan fingerprint density at radius 1 is 1.32 bits per heavy atom. The number of carbonyl (C=O) groups is 1. The number of piperidine rings is 1. The Morgan fingerprint density at radius 3 is 2.84 bits per heavy atom. The molecular formula is C22H21BrFN5OS. The topological polar surface area (TPSA) is 71.0 Å². The van der Waals surface area contributed by atoms with Crippen LogP contribution in [0.2, 0.25) is 0 Å². The van der Waals surface area contributed by atoms with E-state index in [0.717, 1.165) is 27.3 Å². The number of amides is 1. The van der Waals surface area contributed by atoms with E-state index in [2.05, 4.69) is 36.2 Å². The maximum atomic E-state index is 14.2. The van der Waals surface area contributed by atoms with Crippen molar-refractivity contribution in [1.29, 1.82) is 0 Å². The number of nitrogens with one attached hydrogen (secondary N) is 1. The molecule has 2 fully saturated rings. The maximum absolute atomic E-state index is 14.2. The van der Waals surface area contributed by atoms with Gasteiger partial charge in [0, 0.05) is 25.5 Å². The number of thiazole rings is 1. The Bertz CT molecular complexity index is 1150. The third kappa shape index (κ3) is 3.96. The molecule has 0 bridgehead atoms. The van der Waals surface area contributed by atoms with E-state index in [1.54, 1.807) is 25.4 Å². The smallest absolute Gasteiger partial charge is 0.274 e. The van der Waals surface area contributed by atoms with Crippen LogP contribution >= 0.6 is 27.3 Å². The molecule has 3 heterocycles. The number of hydrogen-bond donors (Lipinski definition) is 1. The molecule has 1 aliphatic carbocycles. The first-order valence-corrected chi connectivity index (χ1v) is 11.8.